The third-order valence-corrected chi connectivity index (χ3v) is 3.63. The van der Waals surface area contributed by atoms with Crippen molar-refractivity contribution in [1.82, 2.24) is 0 Å². The molecule has 2 N–H and O–H groups in total. The topological polar surface area (TPSA) is 92.7 Å². The summed E-state index contributed by atoms with van der Waals surface area (Å²) in [6.07, 6.45) is 0. The van der Waals surface area contributed by atoms with Gasteiger partial charge in [0.1, 0.15) is 11.5 Å². The lowest BCUT2D eigenvalue weighted by molar-refractivity contribution is -0.113. The van der Waals surface area contributed by atoms with E-state index in [1.807, 2.05) is 0 Å². The predicted octanol–water partition coefficient (Wildman–Crippen LogP) is 0.0408. The minimum absolute atomic E-state index is 0.414. The first-order valence-electron chi connectivity index (χ1n) is 5.22. The Bertz CT molecular complexity index is 495. The van der Waals surface area contributed by atoms with Crippen LogP contribution in [0, 0.1) is 0 Å². The normalized spacial score (nSPS) is 11.0. The van der Waals surface area contributed by atoms with E-state index in [4.69, 9.17) is 9.84 Å². The van der Waals surface area contributed by atoms with Gasteiger partial charge in [0.05, 0.1) is 19.5 Å². The van der Waals surface area contributed by atoms with Gasteiger partial charge in [0.25, 0.3) is 0 Å². The van der Waals surface area contributed by atoms with E-state index in [1.165, 1.54) is 7.11 Å². The van der Waals surface area contributed by atoms with Gasteiger partial charge in [0.15, 0.2) is 9.84 Å². The average molecular weight is 273 g/mol. The fraction of sp³-hybridized carbons (Fsp3) is 0.364. The second-order valence-corrected chi connectivity index (χ2v) is 5.78. The number of methoxy groups -OCH3 is 1. The number of hydrogen-bond acceptors (Lipinski definition) is 5. The molecule has 1 rings (SSSR count). The van der Waals surface area contributed by atoms with E-state index < -0.39 is 33.9 Å². The fourth-order valence-electron chi connectivity index (χ4n) is 1.28. The first-order valence-corrected chi connectivity index (χ1v) is 7.04. The van der Waals surface area contributed by atoms with Gasteiger partial charge >= 0.3 is 0 Å². The summed E-state index contributed by atoms with van der Waals surface area (Å²) in [5.74, 6) is -1.04. The monoisotopic (exact) mass is 273 g/mol. The second-order valence-electron chi connectivity index (χ2n) is 3.59. The molecule has 0 heterocycles. The van der Waals surface area contributed by atoms with Gasteiger partial charge in [-0.2, -0.15) is 0 Å². The number of benzene rings is 1. The van der Waals surface area contributed by atoms with Gasteiger partial charge in [-0.25, -0.2) is 8.42 Å². The molecule has 7 heteroatoms. The van der Waals surface area contributed by atoms with Gasteiger partial charge in [0, 0.05) is 5.69 Å². The Hall–Kier alpha value is -1.60. The maximum atomic E-state index is 11.5. The molecule has 0 aliphatic rings. The van der Waals surface area contributed by atoms with E-state index in [0.717, 1.165) is 0 Å². The molecule has 1 aromatic rings. The number of carbonyl (C=O) groups excluding carboxylic acids is 1. The lowest BCUT2D eigenvalue weighted by Crippen LogP contribution is -2.25. The molecule has 0 saturated carbocycles. The van der Waals surface area contributed by atoms with Crippen LogP contribution in [0.2, 0.25) is 0 Å². The molecule has 0 spiro atoms. The van der Waals surface area contributed by atoms with Gasteiger partial charge in [-0.3, -0.25) is 4.79 Å². The van der Waals surface area contributed by atoms with Crippen LogP contribution >= 0.6 is 0 Å². The molecular weight excluding hydrogens is 258 g/mol. The molecule has 6 nitrogen and oxygen atoms in total. The number of aliphatic hydroxyl groups is 1. The molecule has 0 aromatic heterocycles. The Morgan fingerprint density at radius 3 is 2.44 bits per heavy atom. The van der Waals surface area contributed by atoms with Crippen molar-refractivity contribution < 1.29 is 23.1 Å². The summed E-state index contributed by atoms with van der Waals surface area (Å²) < 4.78 is 27.5. The third-order valence-electron chi connectivity index (χ3n) is 2.13. The Morgan fingerprint density at radius 2 is 1.94 bits per heavy atom. The zero-order chi connectivity index (χ0) is 13.6. The molecule has 0 radical (unpaired) electrons. The largest absolute Gasteiger partial charge is 0.497 e. The standard InChI is InChI=1S/C11H15NO5S/c1-17-10-4-2-9(3-5-10)12-11(14)8-18(15,16)7-6-13/h2-5,13H,6-8H2,1H3,(H,12,14). The quantitative estimate of drug-likeness (QED) is 0.763. The summed E-state index contributed by atoms with van der Waals surface area (Å²) in [5.41, 5.74) is 0.486. The summed E-state index contributed by atoms with van der Waals surface area (Å²) >= 11 is 0. The number of aliphatic hydroxyl groups excluding tert-OH is 1. The zero-order valence-electron chi connectivity index (χ0n) is 9.92. The Morgan fingerprint density at radius 1 is 1.33 bits per heavy atom. The summed E-state index contributed by atoms with van der Waals surface area (Å²) in [7, 11) is -2.03. The fourth-order valence-corrected chi connectivity index (χ4v) is 2.18. The van der Waals surface area contributed by atoms with Gasteiger partial charge in [-0.15, -0.1) is 0 Å². The van der Waals surface area contributed by atoms with Crippen molar-refractivity contribution in [3.05, 3.63) is 24.3 Å². The van der Waals surface area contributed by atoms with Crippen LogP contribution in [0.4, 0.5) is 5.69 Å². The molecule has 18 heavy (non-hydrogen) atoms. The number of hydrogen-bond donors (Lipinski definition) is 2. The lowest BCUT2D eigenvalue weighted by atomic mass is 10.3. The van der Waals surface area contributed by atoms with Crippen LogP contribution < -0.4 is 10.1 Å². The van der Waals surface area contributed by atoms with Crippen molar-refractivity contribution in [2.45, 2.75) is 0 Å². The summed E-state index contributed by atoms with van der Waals surface area (Å²) in [5, 5.41) is 11.0. The number of nitrogens with one attached hydrogen (secondary N) is 1. The Kier molecular flexibility index (Phi) is 5.11. The Balaban J connectivity index is 2.59. The van der Waals surface area contributed by atoms with Crippen molar-refractivity contribution >= 4 is 21.4 Å². The van der Waals surface area contributed by atoms with Crippen molar-refractivity contribution in [3.8, 4) is 5.75 Å². The van der Waals surface area contributed by atoms with E-state index in [9.17, 15) is 13.2 Å². The van der Waals surface area contributed by atoms with Crippen LogP contribution in [0.5, 0.6) is 5.75 Å². The smallest absolute Gasteiger partial charge is 0.239 e. The molecule has 0 aliphatic carbocycles. The van der Waals surface area contributed by atoms with Crippen molar-refractivity contribution in [2.24, 2.45) is 0 Å². The third kappa shape index (κ3) is 4.72. The minimum atomic E-state index is -3.55. The molecule has 100 valence electrons. The Labute approximate surface area is 106 Å². The molecular formula is C11H15NO5S. The molecule has 1 aromatic carbocycles. The molecule has 0 fully saturated rings. The number of sulfone groups is 1. The number of amides is 1. The summed E-state index contributed by atoms with van der Waals surface area (Å²) in [6.45, 7) is -0.488. The zero-order valence-corrected chi connectivity index (χ0v) is 10.7. The highest BCUT2D eigenvalue weighted by Crippen LogP contribution is 2.14. The molecule has 0 unspecified atom stereocenters. The van der Waals surface area contributed by atoms with Crippen LogP contribution in [-0.4, -0.2) is 44.7 Å². The number of ether oxygens (including phenoxy) is 1. The second kappa shape index (κ2) is 6.36. The van der Waals surface area contributed by atoms with Crippen LogP contribution in [0.1, 0.15) is 0 Å². The molecule has 0 bridgehead atoms. The van der Waals surface area contributed by atoms with Gasteiger partial charge in [-0.1, -0.05) is 0 Å². The van der Waals surface area contributed by atoms with E-state index in [0.29, 0.717) is 11.4 Å². The van der Waals surface area contributed by atoms with Crippen molar-refractivity contribution in [2.75, 3.05) is 30.5 Å². The molecule has 1 amide bonds. The molecule has 0 atom stereocenters. The molecule has 0 saturated heterocycles. The van der Waals surface area contributed by atoms with Gasteiger partial charge in [-0.05, 0) is 24.3 Å². The van der Waals surface area contributed by atoms with Crippen LogP contribution in [0.15, 0.2) is 24.3 Å². The minimum Gasteiger partial charge on any atom is -0.497 e. The first-order chi connectivity index (χ1) is 8.46. The maximum absolute atomic E-state index is 11.5. The number of carbonyl (C=O) groups is 1. The number of rotatable bonds is 6. The van der Waals surface area contributed by atoms with E-state index >= 15 is 0 Å². The predicted molar refractivity (Wildman–Crippen MR) is 67.4 cm³/mol. The van der Waals surface area contributed by atoms with Crippen LogP contribution in [-0.2, 0) is 14.6 Å². The molecule has 0 aliphatic heterocycles. The lowest BCUT2D eigenvalue weighted by Gasteiger charge is -2.06. The van der Waals surface area contributed by atoms with E-state index in [2.05, 4.69) is 5.32 Å². The number of anilines is 1. The van der Waals surface area contributed by atoms with Crippen molar-refractivity contribution in [1.29, 1.82) is 0 Å². The van der Waals surface area contributed by atoms with Crippen molar-refractivity contribution in [3.63, 3.8) is 0 Å². The highest BCUT2D eigenvalue weighted by atomic mass is 32.2. The SMILES string of the molecule is COc1ccc(NC(=O)CS(=O)(=O)CCO)cc1. The summed E-state index contributed by atoms with van der Waals surface area (Å²) in [4.78, 5) is 11.5. The average Bonchev–Trinajstić information content (AvgIpc) is 2.28. The maximum Gasteiger partial charge on any atom is 0.239 e. The van der Waals surface area contributed by atoms with Gasteiger partial charge in [0.2, 0.25) is 5.91 Å². The summed E-state index contributed by atoms with van der Waals surface area (Å²) in [6, 6.07) is 6.51. The van der Waals surface area contributed by atoms with Gasteiger partial charge < -0.3 is 15.2 Å². The van der Waals surface area contributed by atoms with E-state index in [1.54, 1.807) is 24.3 Å². The highest BCUT2D eigenvalue weighted by Gasteiger charge is 2.15. The van der Waals surface area contributed by atoms with E-state index in [-0.39, 0.29) is 0 Å². The van der Waals surface area contributed by atoms with Crippen LogP contribution in [0.3, 0.4) is 0 Å². The van der Waals surface area contributed by atoms with Crippen LogP contribution in [0.25, 0.3) is 0 Å². The first kappa shape index (κ1) is 14.5. The highest BCUT2D eigenvalue weighted by molar-refractivity contribution is 7.92.